The number of amides is 2. The average Bonchev–Trinajstić information content (AvgIpc) is 2.53. The molecule has 2 rings (SSSR count). The molecular weight excluding hydrogens is 335 g/mol. The molecule has 0 aromatic rings. The van der Waals surface area contributed by atoms with Crippen molar-refractivity contribution in [2.75, 3.05) is 46.8 Å². The Hall–Kier alpha value is -1.31. The van der Waals surface area contributed by atoms with E-state index in [1.807, 2.05) is 23.9 Å². The predicted octanol–water partition coefficient (Wildman–Crippen LogP) is 2.12. The van der Waals surface area contributed by atoms with E-state index < -0.39 is 24.9 Å². The maximum absolute atomic E-state index is 12.4. The van der Waals surface area contributed by atoms with Crippen molar-refractivity contribution in [3.8, 4) is 0 Å². The molecule has 0 N–H and O–H groups in total. The van der Waals surface area contributed by atoms with Crippen LogP contribution in [0.4, 0.5) is 13.2 Å². The standard InChI is InChI=1S/C17H28F3N3O2/c1-21(2)10-11-23-13-16(7-4-14(23)24)6-3-9-22(12-16)15(25)5-8-17(18,19)20/h3-13H2,1-2H3/t16-/m1/s1. The lowest BCUT2D eigenvalue weighted by molar-refractivity contribution is -0.153. The zero-order chi connectivity index (χ0) is 18.7. The van der Waals surface area contributed by atoms with Crippen LogP contribution >= 0.6 is 0 Å². The Bertz CT molecular complexity index is 496. The van der Waals surface area contributed by atoms with Crippen LogP contribution in [0.1, 0.15) is 38.5 Å². The van der Waals surface area contributed by atoms with Gasteiger partial charge in [0.05, 0.1) is 6.42 Å². The quantitative estimate of drug-likeness (QED) is 0.752. The molecule has 8 heteroatoms. The van der Waals surface area contributed by atoms with Gasteiger partial charge in [0.2, 0.25) is 11.8 Å². The second-order valence-electron chi connectivity index (χ2n) is 7.65. The van der Waals surface area contributed by atoms with Crippen LogP contribution in [0, 0.1) is 5.41 Å². The van der Waals surface area contributed by atoms with Gasteiger partial charge < -0.3 is 14.7 Å². The van der Waals surface area contributed by atoms with Crippen molar-refractivity contribution in [3.63, 3.8) is 0 Å². The second-order valence-corrected chi connectivity index (χ2v) is 7.65. The molecule has 2 aliphatic rings. The Morgan fingerprint density at radius 3 is 2.60 bits per heavy atom. The van der Waals surface area contributed by atoms with Crippen LogP contribution in [0.2, 0.25) is 0 Å². The van der Waals surface area contributed by atoms with Gasteiger partial charge in [0.1, 0.15) is 0 Å². The average molecular weight is 363 g/mol. The number of likely N-dealkylation sites (tertiary alicyclic amines) is 2. The third-order valence-corrected chi connectivity index (χ3v) is 5.20. The van der Waals surface area contributed by atoms with E-state index in [-0.39, 0.29) is 11.3 Å². The normalized spacial score (nSPS) is 25.1. The molecule has 2 saturated heterocycles. The molecule has 0 aromatic carbocycles. The van der Waals surface area contributed by atoms with Crippen molar-refractivity contribution in [2.24, 2.45) is 5.41 Å². The fourth-order valence-corrected chi connectivity index (χ4v) is 3.79. The molecule has 0 saturated carbocycles. The molecule has 1 spiro atoms. The molecule has 0 aromatic heterocycles. The Balaban J connectivity index is 1.96. The van der Waals surface area contributed by atoms with Crippen molar-refractivity contribution in [3.05, 3.63) is 0 Å². The van der Waals surface area contributed by atoms with Crippen LogP contribution in [0.15, 0.2) is 0 Å². The minimum Gasteiger partial charge on any atom is -0.342 e. The van der Waals surface area contributed by atoms with Gasteiger partial charge in [0.15, 0.2) is 0 Å². The van der Waals surface area contributed by atoms with Crippen molar-refractivity contribution < 1.29 is 22.8 Å². The summed E-state index contributed by atoms with van der Waals surface area (Å²) in [5.74, 6) is -0.291. The number of hydrogen-bond donors (Lipinski definition) is 0. The molecule has 25 heavy (non-hydrogen) atoms. The molecule has 5 nitrogen and oxygen atoms in total. The summed E-state index contributed by atoms with van der Waals surface area (Å²) in [5.41, 5.74) is -0.160. The maximum atomic E-state index is 12.4. The number of carbonyl (C=O) groups excluding carboxylic acids is 2. The number of likely N-dealkylation sites (N-methyl/N-ethyl adjacent to an activating group) is 1. The fraction of sp³-hybridized carbons (Fsp3) is 0.882. The summed E-state index contributed by atoms with van der Waals surface area (Å²) < 4.78 is 37.1. The number of rotatable bonds is 5. The smallest absolute Gasteiger partial charge is 0.342 e. The van der Waals surface area contributed by atoms with Gasteiger partial charge in [0.25, 0.3) is 0 Å². The van der Waals surface area contributed by atoms with Crippen molar-refractivity contribution in [2.45, 2.75) is 44.7 Å². The van der Waals surface area contributed by atoms with Crippen LogP contribution in [-0.4, -0.2) is 79.5 Å². The summed E-state index contributed by atoms with van der Waals surface area (Å²) in [6.45, 7) is 3.01. The van der Waals surface area contributed by atoms with Gasteiger partial charge in [-0.15, -0.1) is 0 Å². The van der Waals surface area contributed by atoms with E-state index in [0.717, 1.165) is 19.4 Å². The minimum absolute atomic E-state index is 0.132. The lowest BCUT2D eigenvalue weighted by Crippen LogP contribution is -2.55. The topological polar surface area (TPSA) is 43.9 Å². The number of hydrogen-bond acceptors (Lipinski definition) is 3. The fourth-order valence-electron chi connectivity index (χ4n) is 3.79. The third-order valence-electron chi connectivity index (χ3n) is 5.20. The van der Waals surface area contributed by atoms with Crippen LogP contribution < -0.4 is 0 Å². The molecule has 2 amide bonds. The summed E-state index contributed by atoms with van der Waals surface area (Å²) in [6, 6.07) is 0. The molecule has 144 valence electrons. The summed E-state index contributed by atoms with van der Waals surface area (Å²) in [5, 5.41) is 0. The van der Waals surface area contributed by atoms with Gasteiger partial charge in [-0.2, -0.15) is 13.2 Å². The first-order chi connectivity index (χ1) is 11.6. The van der Waals surface area contributed by atoms with E-state index in [1.54, 1.807) is 4.90 Å². The number of piperidine rings is 2. The zero-order valence-electron chi connectivity index (χ0n) is 15.1. The number of carbonyl (C=O) groups is 2. The van der Waals surface area contributed by atoms with E-state index in [1.165, 1.54) is 0 Å². The van der Waals surface area contributed by atoms with Gasteiger partial charge in [0, 0.05) is 51.0 Å². The summed E-state index contributed by atoms with van der Waals surface area (Å²) >= 11 is 0. The lowest BCUT2D eigenvalue weighted by Gasteiger charge is -2.48. The van der Waals surface area contributed by atoms with Crippen molar-refractivity contribution >= 4 is 11.8 Å². The second kappa shape index (κ2) is 7.93. The molecule has 0 radical (unpaired) electrons. The molecule has 1 atom stereocenters. The number of alkyl halides is 3. The molecule has 0 bridgehead atoms. The largest absolute Gasteiger partial charge is 0.389 e. The Morgan fingerprint density at radius 1 is 1.24 bits per heavy atom. The molecular formula is C17H28F3N3O2. The van der Waals surface area contributed by atoms with Gasteiger partial charge in [-0.05, 0) is 33.4 Å². The van der Waals surface area contributed by atoms with Gasteiger partial charge >= 0.3 is 6.18 Å². The molecule has 2 heterocycles. The minimum atomic E-state index is -4.30. The lowest BCUT2D eigenvalue weighted by atomic mass is 9.73. The van der Waals surface area contributed by atoms with Crippen LogP contribution in [-0.2, 0) is 9.59 Å². The SMILES string of the molecule is CN(C)CCN1C[C@]2(CCCN(C(=O)CCC(F)(F)F)C2)CCC1=O. The van der Waals surface area contributed by atoms with E-state index in [0.29, 0.717) is 39.0 Å². The third kappa shape index (κ3) is 5.87. The van der Waals surface area contributed by atoms with Gasteiger partial charge in [-0.25, -0.2) is 0 Å². The summed E-state index contributed by atoms with van der Waals surface area (Å²) in [6.07, 6.45) is -2.98. The van der Waals surface area contributed by atoms with Gasteiger partial charge in [-0.3, -0.25) is 9.59 Å². The molecule has 0 aliphatic carbocycles. The van der Waals surface area contributed by atoms with Crippen LogP contribution in [0.25, 0.3) is 0 Å². The molecule has 2 fully saturated rings. The van der Waals surface area contributed by atoms with Crippen LogP contribution in [0.5, 0.6) is 0 Å². The maximum Gasteiger partial charge on any atom is 0.389 e. The number of halogens is 3. The van der Waals surface area contributed by atoms with Crippen LogP contribution in [0.3, 0.4) is 0 Å². The highest BCUT2D eigenvalue weighted by Gasteiger charge is 2.42. The first-order valence-electron chi connectivity index (χ1n) is 8.87. The molecule has 2 aliphatic heterocycles. The van der Waals surface area contributed by atoms with Crippen molar-refractivity contribution in [1.82, 2.24) is 14.7 Å². The van der Waals surface area contributed by atoms with Crippen molar-refractivity contribution in [1.29, 1.82) is 0 Å². The Morgan fingerprint density at radius 2 is 1.96 bits per heavy atom. The summed E-state index contributed by atoms with van der Waals surface area (Å²) in [7, 11) is 3.90. The Labute approximate surface area is 147 Å². The highest BCUT2D eigenvalue weighted by atomic mass is 19.4. The Kier molecular flexibility index (Phi) is 6.35. The van der Waals surface area contributed by atoms with E-state index in [9.17, 15) is 22.8 Å². The monoisotopic (exact) mass is 363 g/mol. The van der Waals surface area contributed by atoms with E-state index in [4.69, 9.17) is 0 Å². The first kappa shape index (κ1) is 20.0. The zero-order valence-corrected chi connectivity index (χ0v) is 15.1. The molecule has 0 unspecified atom stereocenters. The highest BCUT2D eigenvalue weighted by molar-refractivity contribution is 5.78. The first-order valence-corrected chi connectivity index (χ1v) is 8.87. The summed E-state index contributed by atoms with van der Waals surface area (Å²) in [4.78, 5) is 29.8. The van der Waals surface area contributed by atoms with E-state index in [2.05, 4.69) is 0 Å². The van der Waals surface area contributed by atoms with E-state index >= 15 is 0 Å². The highest BCUT2D eigenvalue weighted by Crippen LogP contribution is 2.39. The predicted molar refractivity (Wildman–Crippen MR) is 87.9 cm³/mol. The van der Waals surface area contributed by atoms with Gasteiger partial charge in [-0.1, -0.05) is 0 Å². The number of nitrogens with zero attached hydrogens (tertiary/aromatic N) is 3.